The Kier molecular flexibility index (Phi) is 7.52. The third-order valence-corrected chi connectivity index (χ3v) is 14.5. The molecule has 0 unspecified atom stereocenters. The van der Waals surface area contributed by atoms with Crippen LogP contribution in [0.2, 0.25) is 18.1 Å². The summed E-state index contributed by atoms with van der Waals surface area (Å²) in [6.07, 6.45) is 6.62. The van der Waals surface area contributed by atoms with Crippen molar-refractivity contribution < 1.29 is 14.0 Å². The molecule has 2 saturated carbocycles. The number of imidazole rings is 1. The molecule has 8 heteroatoms. The molecule has 7 nitrogen and oxygen atoms in total. The molecule has 2 heterocycles. The Bertz CT molecular complexity index is 1290. The van der Waals surface area contributed by atoms with Crippen LogP contribution in [0.1, 0.15) is 108 Å². The molecule has 0 atom stereocenters. The molecule has 5 rings (SSSR count). The monoisotopic (exact) mass is 566 g/mol. The number of benzene rings is 1. The average molecular weight is 567 g/mol. The van der Waals surface area contributed by atoms with Gasteiger partial charge in [0.15, 0.2) is 14.1 Å². The van der Waals surface area contributed by atoms with Crippen molar-refractivity contribution in [1.82, 2.24) is 19.4 Å². The molecule has 3 fully saturated rings. The zero-order chi connectivity index (χ0) is 29.2. The summed E-state index contributed by atoms with van der Waals surface area (Å²) in [5, 5.41) is 0.204. The van der Waals surface area contributed by atoms with Gasteiger partial charge in [-0.05, 0) is 85.2 Å². The second kappa shape index (κ2) is 10.3. The summed E-state index contributed by atoms with van der Waals surface area (Å²) in [5.74, 6) is 0.890. The van der Waals surface area contributed by atoms with Crippen LogP contribution < -0.4 is 0 Å². The van der Waals surface area contributed by atoms with Crippen molar-refractivity contribution in [3.8, 4) is 0 Å². The lowest BCUT2D eigenvalue weighted by Gasteiger charge is -2.44. The molecule has 3 aliphatic rings. The van der Waals surface area contributed by atoms with E-state index in [4.69, 9.17) is 9.41 Å². The number of carbonyl (C=O) groups is 2. The molecule has 1 saturated heterocycles. The van der Waals surface area contributed by atoms with Crippen LogP contribution in [0.5, 0.6) is 0 Å². The normalized spacial score (nSPS) is 23.3. The van der Waals surface area contributed by atoms with Gasteiger partial charge in [-0.3, -0.25) is 9.59 Å². The standard InChI is InChI=1S/C32H50N4O3Si/c1-31(2,3)22-18-25(21-10-11-21)28-26(19-22)34(7)29(33-28)30(38)35-16-17-36(27(37)20-35)23-12-14-24(15-13-23)39-40(8,9)32(4,5)6/h18-19,21,23-24H,10-17,20H2,1-9H3. The zero-order valence-electron chi connectivity index (χ0n) is 26.3. The van der Waals surface area contributed by atoms with Crippen LogP contribution in [0.15, 0.2) is 12.1 Å². The van der Waals surface area contributed by atoms with Gasteiger partial charge in [0, 0.05) is 32.3 Å². The van der Waals surface area contributed by atoms with Gasteiger partial charge in [-0.2, -0.15) is 0 Å². The highest BCUT2D eigenvalue weighted by Crippen LogP contribution is 2.45. The number of hydrogen-bond donors (Lipinski definition) is 0. The first-order valence-corrected chi connectivity index (χ1v) is 18.2. The molecule has 2 aliphatic carbocycles. The van der Waals surface area contributed by atoms with Crippen molar-refractivity contribution in [2.24, 2.45) is 7.05 Å². The molecule has 0 N–H and O–H groups in total. The molecule has 2 aromatic rings. The second-order valence-corrected chi connectivity index (χ2v) is 19.8. The summed E-state index contributed by atoms with van der Waals surface area (Å²) in [6.45, 7) is 19.5. The zero-order valence-corrected chi connectivity index (χ0v) is 27.3. The van der Waals surface area contributed by atoms with Gasteiger partial charge < -0.3 is 18.8 Å². The minimum Gasteiger partial charge on any atom is -0.414 e. The largest absolute Gasteiger partial charge is 0.414 e. The van der Waals surface area contributed by atoms with E-state index < -0.39 is 8.32 Å². The molecule has 1 aliphatic heterocycles. The van der Waals surface area contributed by atoms with Crippen LogP contribution in [0.25, 0.3) is 11.0 Å². The molecule has 40 heavy (non-hydrogen) atoms. The van der Waals surface area contributed by atoms with Gasteiger partial charge in [0.1, 0.15) is 6.54 Å². The number of rotatable bonds is 5. The maximum Gasteiger partial charge on any atom is 0.290 e. The molecule has 1 aromatic carbocycles. The average Bonchev–Trinajstić information content (AvgIpc) is 3.65. The summed E-state index contributed by atoms with van der Waals surface area (Å²) >= 11 is 0. The summed E-state index contributed by atoms with van der Waals surface area (Å²) in [6, 6.07) is 4.74. The van der Waals surface area contributed by atoms with Gasteiger partial charge in [-0.1, -0.05) is 47.6 Å². The number of amides is 2. The minimum absolute atomic E-state index is 0.0189. The van der Waals surface area contributed by atoms with Gasteiger partial charge in [0.2, 0.25) is 5.91 Å². The Labute approximate surface area is 241 Å². The van der Waals surface area contributed by atoms with Gasteiger partial charge >= 0.3 is 0 Å². The van der Waals surface area contributed by atoms with Crippen molar-refractivity contribution in [2.75, 3.05) is 19.6 Å². The van der Waals surface area contributed by atoms with Crippen LogP contribution in [0.4, 0.5) is 0 Å². The van der Waals surface area contributed by atoms with Gasteiger partial charge in [0.05, 0.1) is 11.0 Å². The van der Waals surface area contributed by atoms with Crippen molar-refractivity contribution in [1.29, 1.82) is 0 Å². The molecule has 0 bridgehead atoms. The Hall–Kier alpha value is -2.19. The van der Waals surface area contributed by atoms with E-state index in [9.17, 15) is 9.59 Å². The van der Waals surface area contributed by atoms with E-state index >= 15 is 0 Å². The van der Waals surface area contributed by atoms with E-state index in [1.165, 1.54) is 24.0 Å². The predicted octanol–water partition coefficient (Wildman–Crippen LogP) is 6.37. The lowest BCUT2D eigenvalue weighted by Crippen LogP contribution is -2.56. The first-order chi connectivity index (χ1) is 18.6. The third kappa shape index (κ3) is 5.63. The van der Waals surface area contributed by atoms with Crippen molar-refractivity contribution in [3.05, 3.63) is 29.1 Å². The fourth-order valence-corrected chi connectivity index (χ4v) is 7.52. The molecule has 1 aromatic heterocycles. The number of piperazine rings is 1. The van der Waals surface area contributed by atoms with E-state index in [0.29, 0.717) is 30.9 Å². The van der Waals surface area contributed by atoms with Gasteiger partial charge in [0.25, 0.3) is 5.91 Å². The number of fused-ring (bicyclic) bond motifs is 1. The van der Waals surface area contributed by atoms with E-state index in [2.05, 4.69) is 66.8 Å². The highest BCUT2D eigenvalue weighted by Gasteiger charge is 2.41. The number of hydrogen-bond acceptors (Lipinski definition) is 4. The number of aryl methyl sites for hydroxylation is 1. The van der Waals surface area contributed by atoms with E-state index in [1.54, 1.807) is 4.90 Å². The van der Waals surface area contributed by atoms with Gasteiger partial charge in [-0.25, -0.2) is 4.98 Å². The first kappa shape index (κ1) is 29.3. The maximum atomic E-state index is 13.7. The van der Waals surface area contributed by atoms with Crippen LogP contribution >= 0.6 is 0 Å². The highest BCUT2D eigenvalue weighted by atomic mass is 28.4. The Balaban J connectivity index is 1.25. The van der Waals surface area contributed by atoms with E-state index in [1.807, 2.05) is 16.5 Å². The number of carbonyl (C=O) groups excluding carboxylic acids is 2. The lowest BCUT2D eigenvalue weighted by atomic mass is 9.85. The lowest BCUT2D eigenvalue weighted by molar-refractivity contribution is -0.138. The Morgan fingerprint density at radius 1 is 0.975 bits per heavy atom. The fourth-order valence-electron chi connectivity index (χ4n) is 6.10. The smallest absolute Gasteiger partial charge is 0.290 e. The van der Waals surface area contributed by atoms with Gasteiger partial charge in [-0.15, -0.1) is 0 Å². The number of aromatic nitrogens is 2. The molecular weight excluding hydrogens is 516 g/mol. The van der Waals surface area contributed by atoms with Crippen LogP contribution in [-0.4, -0.2) is 71.3 Å². The summed E-state index contributed by atoms with van der Waals surface area (Å²) in [4.78, 5) is 35.7. The summed E-state index contributed by atoms with van der Waals surface area (Å²) in [5.41, 5.74) is 4.52. The van der Waals surface area contributed by atoms with Crippen LogP contribution in [0.3, 0.4) is 0 Å². The van der Waals surface area contributed by atoms with Crippen molar-refractivity contribution >= 4 is 31.2 Å². The molecular formula is C32H50N4O3Si. The second-order valence-electron chi connectivity index (χ2n) is 15.1. The predicted molar refractivity (Wildman–Crippen MR) is 163 cm³/mol. The molecule has 220 valence electrons. The maximum absolute atomic E-state index is 13.7. The molecule has 2 amide bonds. The highest BCUT2D eigenvalue weighted by molar-refractivity contribution is 6.74. The Morgan fingerprint density at radius 2 is 1.62 bits per heavy atom. The molecule has 0 radical (unpaired) electrons. The fraction of sp³-hybridized carbons (Fsp3) is 0.719. The first-order valence-electron chi connectivity index (χ1n) is 15.3. The summed E-state index contributed by atoms with van der Waals surface area (Å²) in [7, 11) is 0.148. The third-order valence-electron chi connectivity index (χ3n) is 9.99. The van der Waals surface area contributed by atoms with E-state index in [-0.39, 0.29) is 34.9 Å². The Morgan fingerprint density at radius 3 is 2.17 bits per heavy atom. The van der Waals surface area contributed by atoms with Crippen LogP contribution in [-0.2, 0) is 21.7 Å². The van der Waals surface area contributed by atoms with Crippen molar-refractivity contribution in [2.45, 2.75) is 122 Å². The SMILES string of the molecule is Cn1c(C(=O)N2CCN(C3CCC(O[Si](C)(C)C(C)(C)C)CC3)C(=O)C2)nc2c(C3CC3)cc(C(C)(C)C)cc21. The van der Waals surface area contributed by atoms with E-state index in [0.717, 1.165) is 36.7 Å². The summed E-state index contributed by atoms with van der Waals surface area (Å²) < 4.78 is 8.61. The van der Waals surface area contributed by atoms with Crippen molar-refractivity contribution in [3.63, 3.8) is 0 Å². The molecule has 0 spiro atoms. The minimum atomic E-state index is -1.79. The topological polar surface area (TPSA) is 67.7 Å². The van der Waals surface area contributed by atoms with Crippen LogP contribution in [0, 0.1) is 0 Å². The number of nitrogens with zero attached hydrogens (tertiary/aromatic N) is 4. The quantitative estimate of drug-likeness (QED) is 0.395.